The van der Waals surface area contributed by atoms with Gasteiger partial charge >= 0.3 is 0 Å². The Kier molecular flexibility index (Phi) is 3.48. The van der Waals surface area contributed by atoms with Crippen molar-refractivity contribution in [3.8, 4) is 0 Å². The fraction of sp³-hybridized carbons (Fsp3) is 0.500. The van der Waals surface area contributed by atoms with Gasteiger partial charge < -0.3 is 10.2 Å². The van der Waals surface area contributed by atoms with Crippen LogP contribution in [0.5, 0.6) is 0 Å². The van der Waals surface area contributed by atoms with Gasteiger partial charge in [-0.15, -0.1) is 0 Å². The Bertz CT molecular complexity index is 380. The fourth-order valence-corrected chi connectivity index (χ4v) is 2.66. The molecular weight excluding hydrogens is 212 g/mol. The molecule has 2 rings (SSSR count). The van der Waals surface area contributed by atoms with Crippen molar-refractivity contribution in [2.75, 3.05) is 27.2 Å². The summed E-state index contributed by atoms with van der Waals surface area (Å²) in [4.78, 5) is 14.2. The lowest BCUT2D eigenvalue weighted by atomic mass is 9.72. The molecule has 1 aliphatic heterocycles. The molecule has 1 N–H and O–H groups in total. The number of nitrogens with zero attached hydrogens (tertiary/aromatic N) is 1. The molecule has 0 saturated carbocycles. The number of piperidine rings is 1. The van der Waals surface area contributed by atoms with E-state index in [0.717, 1.165) is 31.5 Å². The van der Waals surface area contributed by atoms with Crippen molar-refractivity contribution in [3.63, 3.8) is 0 Å². The van der Waals surface area contributed by atoms with Crippen LogP contribution in [0, 0.1) is 0 Å². The van der Waals surface area contributed by atoms with Crippen LogP contribution in [-0.4, -0.2) is 38.0 Å². The summed E-state index contributed by atoms with van der Waals surface area (Å²) in [6.07, 6.45) is 1.77. The minimum absolute atomic E-state index is 0.227. The largest absolute Gasteiger partial charge is 0.348 e. The normalized spacial score (nSPS) is 18.7. The van der Waals surface area contributed by atoms with Crippen molar-refractivity contribution >= 4 is 5.91 Å². The second kappa shape index (κ2) is 4.88. The smallest absolute Gasteiger partial charge is 0.232 e. The van der Waals surface area contributed by atoms with Gasteiger partial charge in [-0.3, -0.25) is 4.79 Å². The molecule has 1 aliphatic rings. The highest BCUT2D eigenvalue weighted by atomic mass is 16.2. The Labute approximate surface area is 103 Å². The summed E-state index contributed by atoms with van der Waals surface area (Å²) in [6.45, 7) is 1.82. The molecule has 0 radical (unpaired) electrons. The lowest BCUT2D eigenvalue weighted by Gasteiger charge is -2.38. The van der Waals surface area contributed by atoms with Gasteiger partial charge in [-0.1, -0.05) is 30.3 Å². The molecule has 3 heteroatoms. The molecule has 0 aliphatic carbocycles. The predicted molar refractivity (Wildman–Crippen MR) is 68.9 cm³/mol. The predicted octanol–water partition coefficient (Wildman–Crippen LogP) is 1.40. The van der Waals surface area contributed by atoms with Gasteiger partial charge in [0.15, 0.2) is 0 Å². The number of carbonyl (C=O) groups is 1. The Morgan fingerprint density at radius 2 is 1.76 bits per heavy atom. The molecule has 92 valence electrons. The molecule has 1 fully saturated rings. The zero-order chi connectivity index (χ0) is 12.3. The first kappa shape index (κ1) is 12.1. The first-order valence-electron chi connectivity index (χ1n) is 6.15. The van der Waals surface area contributed by atoms with Crippen LogP contribution in [0.2, 0.25) is 0 Å². The molecule has 17 heavy (non-hydrogen) atoms. The average Bonchev–Trinajstić information content (AvgIpc) is 2.39. The molecular formula is C14H20N2O. The van der Waals surface area contributed by atoms with Crippen molar-refractivity contribution in [3.05, 3.63) is 35.9 Å². The third-order valence-electron chi connectivity index (χ3n) is 3.60. The van der Waals surface area contributed by atoms with E-state index < -0.39 is 0 Å². The van der Waals surface area contributed by atoms with E-state index in [1.54, 1.807) is 4.90 Å². The SMILES string of the molecule is CN(C)C(=O)C1(c2ccccc2)CCNCC1. The van der Waals surface area contributed by atoms with E-state index in [9.17, 15) is 4.79 Å². The van der Waals surface area contributed by atoms with Crippen LogP contribution in [0.25, 0.3) is 0 Å². The van der Waals surface area contributed by atoms with Gasteiger partial charge in [0.2, 0.25) is 5.91 Å². The summed E-state index contributed by atoms with van der Waals surface area (Å²) in [5.41, 5.74) is 0.830. The van der Waals surface area contributed by atoms with Gasteiger partial charge in [-0.2, -0.15) is 0 Å². The van der Waals surface area contributed by atoms with Gasteiger partial charge in [-0.05, 0) is 31.5 Å². The third-order valence-corrected chi connectivity index (χ3v) is 3.60. The zero-order valence-electron chi connectivity index (χ0n) is 10.6. The number of rotatable bonds is 2. The van der Waals surface area contributed by atoms with Gasteiger partial charge in [0.05, 0.1) is 5.41 Å². The first-order chi connectivity index (χ1) is 8.17. The molecule has 3 nitrogen and oxygen atoms in total. The minimum atomic E-state index is -0.323. The summed E-state index contributed by atoms with van der Waals surface area (Å²) in [5, 5.41) is 3.33. The Morgan fingerprint density at radius 1 is 1.18 bits per heavy atom. The number of benzene rings is 1. The molecule has 1 aromatic rings. The quantitative estimate of drug-likeness (QED) is 0.836. The van der Waals surface area contributed by atoms with Crippen LogP contribution in [0.15, 0.2) is 30.3 Å². The third kappa shape index (κ3) is 2.20. The Morgan fingerprint density at radius 3 is 2.29 bits per heavy atom. The van der Waals surface area contributed by atoms with E-state index in [2.05, 4.69) is 17.4 Å². The maximum absolute atomic E-state index is 12.5. The molecule has 0 aromatic heterocycles. The van der Waals surface area contributed by atoms with Gasteiger partial charge in [0.1, 0.15) is 0 Å². The van der Waals surface area contributed by atoms with Crippen molar-refractivity contribution < 1.29 is 4.79 Å². The molecule has 0 atom stereocenters. The van der Waals surface area contributed by atoms with Crippen LogP contribution < -0.4 is 5.32 Å². The van der Waals surface area contributed by atoms with Crippen LogP contribution in [-0.2, 0) is 10.2 Å². The molecule has 0 unspecified atom stereocenters. The van der Waals surface area contributed by atoms with E-state index >= 15 is 0 Å². The summed E-state index contributed by atoms with van der Waals surface area (Å²) in [7, 11) is 3.68. The summed E-state index contributed by atoms with van der Waals surface area (Å²) >= 11 is 0. The molecule has 0 bridgehead atoms. The van der Waals surface area contributed by atoms with E-state index in [-0.39, 0.29) is 11.3 Å². The van der Waals surface area contributed by atoms with Gasteiger partial charge in [0, 0.05) is 14.1 Å². The number of nitrogens with one attached hydrogen (secondary N) is 1. The summed E-state index contributed by atoms with van der Waals surface area (Å²) < 4.78 is 0. The van der Waals surface area contributed by atoms with Crippen molar-refractivity contribution in [1.29, 1.82) is 0 Å². The molecule has 1 saturated heterocycles. The number of amides is 1. The lowest BCUT2D eigenvalue weighted by Crippen LogP contribution is -2.50. The van der Waals surface area contributed by atoms with E-state index in [1.165, 1.54) is 0 Å². The van der Waals surface area contributed by atoms with Gasteiger partial charge in [-0.25, -0.2) is 0 Å². The Balaban J connectivity index is 2.40. The Hall–Kier alpha value is -1.35. The minimum Gasteiger partial charge on any atom is -0.348 e. The zero-order valence-corrected chi connectivity index (χ0v) is 10.6. The van der Waals surface area contributed by atoms with E-state index in [0.29, 0.717) is 0 Å². The maximum atomic E-state index is 12.5. The highest BCUT2D eigenvalue weighted by Crippen LogP contribution is 2.34. The number of likely N-dealkylation sites (N-methyl/N-ethyl adjacent to an activating group) is 1. The molecule has 1 heterocycles. The maximum Gasteiger partial charge on any atom is 0.232 e. The second-order valence-electron chi connectivity index (χ2n) is 4.90. The number of hydrogen-bond acceptors (Lipinski definition) is 2. The van der Waals surface area contributed by atoms with E-state index in [4.69, 9.17) is 0 Å². The fourth-order valence-electron chi connectivity index (χ4n) is 2.66. The van der Waals surface area contributed by atoms with Crippen molar-refractivity contribution in [2.24, 2.45) is 0 Å². The number of carbonyl (C=O) groups excluding carboxylic acids is 1. The van der Waals surface area contributed by atoms with Crippen LogP contribution in [0.1, 0.15) is 18.4 Å². The van der Waals surface area contributed by atoms with Crippen LogP contribution >= 0.6 is 0 Å². The first-order valence-corrected chi connectivity index (χ1v) is 6.15. The van der Waals surface area contributed by atoms with Crippen molar-refractivity contribution in [1.82, 2.24) is 10.2 Å². The van der Waals surface area contributed by atoms with E-state index in [1.807, 2.05) is 32.3 Å². The van der Waals surface area contributed by atoms with Crippen molar-refractivity contribution in [2.45, 2.75) is 18.3 Å². The molecule has 0 spiro atoms. The standard InChI is InChI=1S/C14H20N2O/c1-16(2)13(17)14(8-10-15-11-9-14)12-6-4-3-5-7-12/h3-7,15H,8-11H2,1-2H3. The topological polar surface area (TPSA) is 32.3 Å². The van der Waals surface area contributed by atoms with Crippen LogP contribution in [0.3, 0.4) is 0 Å². The van der Waals surface area contributed by atoms with Crippen LogP contribution in [0.4, 0.5) is 0 Å². The van der Waals surface area contributed by atoms with Gasteiger partial charge in [0.25, 0.3) is 0 Å². The lowest BCUT2D eigenvalue weighted by molar-refractivity contribution is -0.136. The average molecular weight is 232 g/mol. The monoisotopic (exact) mass is 232 g/mol. The highest BCUT2D eigenvalue weighted by Gasteiger charge is 2.41. The molecule has 1 amide bonds. The summed E-state index contributed by atoms with van der Waals surface area (Å²) in [6, 6.07) is 10.2. The molecule has 1 aromatic carbocycles. The number of hydrogen-bond donors (Lipinski definition) is 1. The highest BCUT2D eigenvalue weighted by molar-refractivity contribution is 5.88. The second-order valence-corrected chi connectivity index (χ2v) is 4.90. The summed E-state index contributed by atoms with van der Waals surface area (Å²) in [5.74, 6) is 0.227.